The molecule has 1 aliphatic heterocycles. The molecule has 2 fully saturated rings. The first-order valence-corrected chi connectivity index (χ1v) is 8.24. The maximum absolute atomic E-state index is 5.56. The number of anilines is 2. The third-order valence-electron chi connectivity index (χ3n) is 4.15. The largest absolute Gasteiger partial charge is 0.379 e. The van der Waals surface area contributed by atoms with Crippen LogP contribution in [0.2, 0.25) is 0 Å². The molecule has 0 spiro atoms. The normalized spacial score (nSPS) is 22.1. The highest BCUT2D eigenvalue weighted by Gasteiger charge is 2.28. The third-order valence-corrected chi connectivity index (χ3v) is 4.15. The van der Waals surface area contributed by atoms with Crippen LogP contribution in [-0.4, -0.2) is 35.8 Å². The summed E-state index contributed by atoms with van der Waals surface area (Å²) in [4.78, 5) is 9.51. The highest BCUT2D eigenvalue weighted by atomic mass is 16.5. The van der Waals surface area contributed by atoms with Gasteiger partial charge in [0.1, 0.15) is 17.5 Å². The average molecular weight is 290 g/mol. The molecule has 1 unspecified atom stereocenters. The van der Waals surface area contributed by atoms with Crippen molar-refractivity contribution in [3.05, 3.63) is 11.4 Å². The number of ether oxygens (including phenoxy) is 1. The van der Waals surface area contributed by atoms with Crippen LogP contribution in [0.5, 0.6) is 0 Å². The van der Waals surface area contributed by atoms with Gasteiger partial charge in [-0.3, -0.25) is 0 Å². The summed E-state index contributed by atoms with van der Waals surface area (Å²) in [6.45, 7) is 6.88. The molecule has 5 heteroatoms. The second kappa shape index (κ2) is 6.60. The monoisotopic (exact) mass is 290 g/mol. The van der Waals surface area contributed by atoms with E-state index in [2.05, 4.69) is 24.5 Å². The van der Waals surface area contributed by atoms with Crippen molar-refractivity contribution in [1.29, 1.82) is 0 Å². The quantitative estimate of drug-likeness (QED) is 0.843. The molecular formula is C16H26N4O. The van der Waals surface area contributed by atoms with Gasteiger partial charge in [-0.15, -0.1) is 0 Å². The summed E-state index contributed by atoms with van der Waals surface area (Å²) in [5, 5.41) is 7.01. The van der Waals surface area contributed by atoms with E-state index in [1.165, 1.54) is 12.8 Å². The topological polar surface area (TPSA) is 59.1 Å². The van der Waals surface area contributed by atoms with Crippen LogP contribution in [0.25, 0.3) is 0 Å². The lowest BCUT2D eigenvalue weighted by Gasteiger charge is -2.25. The van der Waals surface area contributed by atoms with Gasteiger partial charge in [0.05, 0.1) is 12.6 Å². The molecule has 21 heavy (non-hydrogen) atoms. The van der Waals surface area contributed by atoms with Gasteiger partial charge < -0.3 is 15.4 Å². The van der Waals surface area contributed by atoms with E-state index in [1.807, 2.05) is 0 Å². The summed E-state index contributed by atoms with van der Waals surface area (Å²) < 4.78 is 5.56. The Balaban J connectivity index is 1.80. The number of aromatic nitrogens is 2. The van der Waals surface area contributed by atoms with Gasteiger partial charge in [-0.05, 0) is 39.0 Å². The van der Waals surface area contributed by atoms with E-state index in [4.69, 9.17) is 14.7 Å². The molecule has 2 N–H and O–H groups in total. The second-order valence-corrected chi connectivity index (χ2v) is 6.16. The van der Waals surface area contributed by atoms with Gasteiger partial charge >= 0.3 is 0 Å². The van der Waals surface area contributed by atoms with Crippen LogP contribution < -0.4 is 10.6 Å². The number of nitrogens with zero attached hydrogens (tertiary/aromatic N) is 2. The molecule has 0 amide bonds. The molecular weight excluding hydrogens is 264 g/mol. The highest BCUT2D eigenvalue weighted by molar-refractivity contribution is 5.58. The standard InChI is InChI=1S/C16H26N4O/c1-3-8-17-14-11(2)15(18-13-5-4-9-21-10-13)20-16(19-14)12-6-7-12/h12-13H,3-10H2,1-2H3,(H2,17,18,19,20). The van der Waals surface area contributed by atoms with Gasteiger partial charge in [0.2, 0.25) is 0 Å². The smallest absolute Gasteiger partial charge is 0.136 e. The summed E-state index contributed by atoms with van der Waals surface area (Å²) >= 11 is 0. The zero-order valence-electron chi connectivity index (χ0n) is 13.1. The number of hydrogen-bond acceptors (Lipinski definition) is 5. The lowest BCUT2D eigenvalue weighted by atomic mass is 10.1. The minimum absolute atomic E-state index is 0.374. The molecule has 0 aromatic carbocycles. The molecule has 1 aromatic rings. The van der Waals surface area contributed by atoms with Crippen molar-refractivity contribution in [2.24, 2.45) is 0 Å². The minimum Gasteiger partial charge on any atom is -0.379 e. The lowest BCUT2D eigenvalue weighted by molar-refractivity contribution is 0.0875. The van der Waals surface area contributed by atoms with E-state index in [1.54, 1.807) is 0 Å². The maximum atomic E-state index is 5.56. The van der Waals surface area contributed by atoms with Crippen LogP contribution >= 0.6 is 0 Å². The molecule has 2 aliphatic rings. The van der Waals surface area contributed by atoms with Crippen molar-refractivity contribution in [2.45, 2.75) is 57.9 Å². The Morgan fingerprint density at radius 1 is 1.19 bits per heavy atom. The van der Waals surface area contributed by atoms with Crippen molar-refractivity contribution >= 4 is 11.6 Å². The van der Waals surface area contributed by atoms with Crippen LogP contribution in [0, 0.1) is 6.92 Å². The highest BCUT2D eigenvalue weighted by Crippen LogP contribution is 2.39. The molecule has 0 bridgehead atoms. The van der Waals surface area contributed by atoms with Crippen molar-refractivity contribution in [3.8, 4) is 0 Å². The van der Waals surface area contributed by atoms with E-state index in [0.29, 0.717) is 12.0 Å². The fraction of sp³-hybridized carbons (Fsp3) is 0.750. The maximum Gasteiger partial charge on any atom is 0.136 e. The molecule has 1 saturated carbocycles. The first-order chi connectivity index (χ1) is 10.3. The van der Waals surface area contributed by atoms with Gasteiger partial charge in [0, 0.05) is 24.6 Å². The minimum atomic E-state index is 0.374. The van der Waals surface area contributed by atoms with Crippen molar-refractivity contribution in [2.75, 3.05) is 30.4 Å². The SMILES string of the molecule is CCCNc1nc(C2CC2)nc(NC2CCCOC2)c1C. The van der Waals surface area contributed by atoms with Gasteiger partial charge in [-0.2, -0.15) is 0 Å². The van der Waals surface area contributed by atoms with Gasteiger partial charge in [-0.1, -0.05) is 6.92 Å². The van der Waals surface area contributed by atoms with Gasteiger partial charge in [-0.25, -0.2) is 9.97 Å². The summed E-state index contributed by atoms with van der Waals surface area (Å²) in [6.07, 6.45) is 5.82. The summed E-state index contributed by atoms with van der Waals surface area (Å²) in [6, 6.07) is 0.374. The first-order valence-electron chi connectivity index (χ1n) is 8.24. The van der Waals surface area contributed by atoms with E-state index in [0.717, 1.165) is 62.0 Å². The van der Waals surface area contributed by atoms with E-state index in [9.17, 15) is 0 Å². The van der Waals surface area contributed by atoms with Gasteiger partial charge in [0.25, 0.3) is 0 Å². The zero-order valence-corrected chi connectivity index (χ0v) is 13.1. The van der Waals surface area contributed by atoms with Crippen LogP contribution in [-0.2, 0) is 4.74 Å². The zero-order chi connectivity index (χ0) is 14.7. The lowest BCUT2D eigenvalue weighted by Crippen LogP contribution is -2.31. The molecule has 116 valence electrons. The van der Waals surface area contributed by atoms with Gasteiger partial charge in [0.15, 0.2) is 0 Å². The fourth-order valence-electron chi connectivity index (χ4n) is 2.66. The number of nitrogens with one attached hydrogen (secondary N) is 2. The Morgan fingerprint density at radius 2 is 2.00 bits per heavy atom. The van der Waals surface area contributed by atoms with Crippen LogP contribution in [0.4, 0.5) is 11.6 Å². The van der Waals surface area contributed by atoms with Crippen LogP contribution in [0.3, 0.4) is 0 Å². The Hall–Kier alpha value is -1.36. The molecule has 1 saturated heterocycles. The Labute approximate surface area is 126 Å². The van der Waals surface area contributed by atoms with E-state index >= 15 is 0 Å². The Bertz CT molecular complexity index is 481. The van der Waals surface area contributed by atoms with Crippen molar-refractivity contribution in [3.63, 3.8) is 0 Å². The molecule has 5 nitrogen and oxygen atoms in total. The fourth-order valence-corrected chi connectivity index (χ4v) is 2.66. The number of rotatable bonds is 6. The van der Waals surface area contributed by atoms with Crippen molar-refractivity contribution in [1.82, 2.24) is 9.97 Å². The van der Waals surface area contributed by atoms with Crippen LogP contribution in [0.1, 0.15) is 56.3 Å². The van der Waals surface area contributed by atoms with Crippen LogP contribution in [0.15, 0.2) is 0 Å². The molecule has 2 heterocycles. The summed E-state index contributed by atoms with van der Waals surface area (Å²) in [5.41, 5.74) is 1.12. The molecule has 1 atom stereocenters. The predicted molar refractivity (Wildman–Crippen MR) is 85.0 cm³/mol. The molecule has 1 aliphatic carbocycles. The third kappa shape index (κ3) is 3.64. The second-order valence-electron chi connectivity index (χ2n) is 6.16. The van der Waals surface area contributed by atoms with E-state index in [-0.39, 0.29) is 0 Å². The molecule has 1 aromatic heterocycles. The predicted octanol–water partition coefficient (Wildman–Crippen LogP) is 3.08. The average Bonchev–Trinajstić information content (AvgIpc) is 3.34. The van der Waals surface area contributed by atoms with Crippen molar-refractivity contribution < 1.29 is 4.74 Å². The molecule has 3 rings (SSSR count). The Kier molecular flexibility index (Phi) is 4.58. The Morgan fingerprint density at radius 3 is 2.67 bits per heavy atom. The summed E-state index contributed by atoms with van der Waals surface area (Å²) in [5.74, 6) is 3.54. The number of hydrogen-bond donors (Lipinski definition) is 2. The van der Waals surface area contributed by atoms with E-state index < -0.39 is 0 Å². The first kappa shape index (κ1) is 14.6. The summed E-state index contributed by atoms with van der Waals surface area (Å²) in [7, 11) is 0. The molecule has 0 radical (unpaired) electrons.